The first-order chi connectivity index (χ1) is 8.52. The van der Waals surface area contributed by atoms with E-state index in [0.29, 0.717) is 12.1 Å². The summed E-state index contributed by atoms with van der Waals surface area (Å²) < 4.78 is 14.4. The van der Waals surface area contributed by atoms with Crippen molar-refractivity contribution in [1.29, 1.82) is 0 Å². The number of halogens is 2. The molecule has 0 amide bonds. The first-order valence-corrected chi connectivity index (χ1v) is 6.91. The molecule has 1 aliphatic carbocycles. The molecule has 0 heterocycles. The molecular weight excluding hydrogens is 301 g/mol. The van der Waals surface area contributed by atoms with Crippen molar-refractivity contribution in [2.75, 3.05) is 6.54 Å². The van der Waals surface area contributed by atoms with Gasteiger partial charge in [0.05, 0.1) is 4.47 Å². The molecule has 1 fully saturated rings. The van der Waals surface area contributed by atoms with Crippen molar-refractivity contribution in [3.8, 4) is 11.5 Å². The summed E-state index contributed by atoms with van der Waals surface area (Å²) in [6, 6.07) is 0.960. The van der Waals surface area contributed by atoms with Gasteiger partial charge in [0.2, 0.25) is 0 Å². The molecule has 0 aromatic heterocycles. The molecule has 100 valence electrons. The number of nitrogens with two attached hydrogens (primary N) is 1. The summed E-state index contributed by atoms with van der Waals surface area (Å²) in [6.07, 6.45) is 4.76. The van der Waals surface area contributed by atoms with Gasteiger partial charge in [0.1, 0.15) is 5.82 Å². The Kier molecular flexibility index (Phi) is 3.82. The smallest absolute Gasteiger partial charge is 0.172 e. The fraction of sp³-hybridized carbons (Fsp3) is 0.538. The van der Waals surface area contributed by atoms with Crippen LogP contribution in [0.3, 0.4) is 0 Å². The average molecular weight is 318 g/mol. The molecule has 5 heteroatoms. The second-order valence-corrected chi connectivity index (χ2v) is 5.75. The van der Waals surface area contributed by atoms with Gasteiger partial charge in [0.25, 0.3) is 0 Å². The minimum atomic E-state index is -0.510. The van der Waals surface area contributed by atoms with Crippen molar-refractivity contribution in [2.24, 2.45) is 5.73 Å². The Morgan fingerprint density at radius 2 is 1.89 bits per heavy atom. The minimum absolute atomic E-state index is 0.229. The fourth-order valence-corrected chi connectivity index (χ4v) is 3.68. The van der Waals surface area contributed by atoms with Gasteiger partial charge in [0.15, 0.2) is 11.5 Å². The topological polar surface area (TPSA) is 66.5 Å². The number of benzene rings is 1. The molecule has 0 atom stereocenters. The van der Waals surface area contributed by atoms with E-state index in [-0.39, 0.29) is 10.2 Å². The molecule has 0 bridgehead atoms. The van der Waals surface area contributed by atoms with E-state index < -0.39 is 17.0 Å². The molecule has 0 aliphatic heterocycles. The molecule has 1 aliphatic rings. The highest BCUT2D eigenvalue weighted by Gasteiger charge is 2.37. The number of aromatic hydroxyl groups is 2. The number of rotatable bonds is 2. The molecular formula is C13H17BrFNO2. The molecule has 1 aromatic rings. The summed E-state index contributed by atoms with van der Waals surface area (Å²) in [5.41, 5.74) is 5.83. The number of hydrogen-bond acceptors (Lipinski definition) is 3. The SMILES string of the molecule is NCC1(c2c(F)cc(O)c(O)c2Br)CCCCC1. The van der Waals surface area contributed by atoms with E-state index >= 15 is 0 Å². The normalized spacial score (nSPS) is 18.8. The van der Waals surface area contributed by atoms with Gasteiger partial charge in [-0.1, -0.05) is 19.3 Å². The zero-order chi connectivity index (χ0) is 13.3. The molecule has 4 N–H and O–H groups in total. The van der Waals surface area contributed by atoms with Gasteiger partial charge in [-0.2, -0.15) is 0 Å². The van der Waals surface area contributed by atoms with Crippen LogP contribution < -0.4 is 5.73 Å². The van der Waals surface area contributed by atoms with Crippen LogP contribution in [-0.2, 0) is 5.41 Å². The third kappa shape index (κ3) is 2.10. The van der Waals surface area contributed by atoms with Gasteiger partial charge in [-0.25, -0.2) is 4.39 Å². The van der Waals surface area contributed by atoms with E-state index in [1.54, 1.807) is 0 Å². The van der Waals surface area contributed by atoms with Crippen LogP contribution in [0.5, 0.6) is 11.5 Å². The lowest BCUT2D eigenvalue weighted by Gasteiger charge is -2.37. The molecule has 0 unspecified atom stereocenters. The van der Waals surface area contributed by atoms with E-state index in [1.807, 2.05) is 0 Å². The van der Waals surface area contributed by atoms with E-state index in [0.717, 1.165) is 38.2 Å². The van der Waals surface area contributed by atoms with Crippen molar-refractivity contribution < 1.29 is 14.6 Å². The van der Waals surface area contributed by atoms with Crippen LogP contribution in [0, 0.1) is 5.82 Å². The Labute approximate surface area is 114 Å². The lowest BCUT2D eigenvalue weighted by molar-refractivity contribution is 0.287. The van der Waals surface area contributed by atoms with Crippen molar-refractivity contribution in [3.63, 3.8) is 0 Å². The lowest BCUT2D eigenvalue weighted by atomic mass is 9.69. The third-order valence-electron chi connectivity index (χ3n) is 3.90. The summed E-state index contributed by atoms with van der Waals surface area (Å²) in [6.45, 7) is 0.340. The highest BCUT2D eigenvalue weighted by molar-refractivity contribution is 9.10. The lowest BCUT2D eigenvalue weighted by Crippen LogP contribution is -2.38. The highest BCUT2D eigenvalue weighted by atomic mass is 79.9. The summed E-state index contributed by atoms with van der Waals surface area (Å²) in [7, 11) is 0. The van der Waals surface area contributed by atoms with E-state index in [4.69, 9.17) is 5.73 Å². The Hall–Kier alpha value is -0.810. The van der Waals surface area contributed by atoms with Crippen LogP contribution >= 0.6 is 15.9 Å². The summed E-state index contributed by atoms with van der Waals surface area (Å²) in [4.78, 5) is 0. The molecule has 0 saturated heterocycles. The van der Waals surface area contributed by atoms with E-state index in [2.05, 4.69) is 15.9 Å². The Balaban J connectivity index is 2.58. The minimum Gasteiger partial charge on any atom is -0.504 e. The maximum Gasteiger partial charge on any atom is 0.172 e. The molecule has 1 aromatic carbocycles. The number of hydrogen-bond donors (Lipinski definition) is 3. The molecule has 2 rings (SSSR count). The Bertz CT molecular complexity index is 459. The first kappa shape index (κ1) is 13.6. The third-order valence-corrected chi connectivity index (χ3v) is 4.68. The zero-order valence-electron chi connectivity index (χ0n) is 10.0. The van der Waals surface area contributed by atoms with Crippen LogP contribution in [0.2, 0.25) is 0 Å². The largest absolute Gasteiger partial charge is 0.504 e. The summed E-state index contributed by atoms with van der Waals surface area (Å²) in [5.74, 6) is -1.28. The second kappa shape index (κ2) is 5.05. The van der Waals surface area contributed by atoms with Crippen LogP contribution in [0.1, 0.15) is 37.7 Å². The Morgan fingerprint density at radius 1 is 1.28 bits per heavy atom. The highest BCUT2D eigenvalue weighted by Crippen LogP contribution is 2.47. The van der Waals surface area contributed by atoms with Crippen LogP contribution in [0.25, 0.3) is 0 Å². The van der Waals surface area contributed by atoms with Gasteiger partial charge in [-0.05, 0) is 28.8 Å². The maximum atomic E-state index is 14.2. The zero-order valence-corrected chi connectivity index (χ0v) is 11.6. The summed E-state index contributed by atoms with van der Waals surface area (Å²) in [5, 5.41) is 19.2. The van der Waals surface area contributed by atoms with Crippen molar-refractivity contribution >= 4 is 15.9 Å². The molecule has 0 radical (unpaired) electrons. The maximum absolute atomic E-state index is 14.2. The fourth-order valence-electron chi connectivity index (χ4n) is 2.87. The van der Waals surface area contributed by atoms with Crippen LogP contribution in [-0.4, -0.2) is 16.8 Å². The van der Waals surface area contributed by atoms with E-state index in [1.165, 1.54) is 0 Å². The van der Waals surface area contributed by atoms with Crippen LogP contribution in [0.4, 0.5) is 4.39 Å². The van der Waals surface area contributed by atoms with Gasteiger partial charge >= 0.3 is 0 Å². The quantitative estimate of drug-likeness (QED) is 0.734. The predicted molar refractivity (Wildman–Crippen MR) is 71.2 cm³/mol. The average Bonchev–Trinajstić information content (AvgIpc) is 2.37. The number of phenolic OH excluding ortho intramolecular Hbond substituents is 2. The first-order valence-electron chi connectivity index (χ1n) is 6.12. The predicted octanol–water partition coefficient (Wildman–Crippen LogP) is 3.16. The second-order valence-electron chi connectivity index (χ2n) is 4.96. The van der Waals surface area contributed by atoms with Crippen molar-refractivity contribution in [1.82, 2.24) is 0 Å². The molecule has 3 nitrogen and oxygen atoms in total. The van der Waals surface area contributed by atoms with Gasteiger partial charge in [-0.3, -0.25) is 0 Å². The van der Waals surface area contributed by atoms with E-state index in [9.17, 15) is 14.6 Å². The monoisotopic (exact) mass is 317 g/mol. The standard InChI is InChI=1S/C13H17BrFNO2/c14-11-10(8(15)6-9(17)12(11)18)13(7-16)4-2-1-3-5-13/h6,17-18H,1-5,7,16H2. The van der Waals surface area contributed by atoms with Gasteiger partial charge in [0, 0.05) is 23.6 Å². The summed E-state index contributed by atoms with van der Waals surface area (Å²) >= 11 is 3.19. The molecule has 1 saturated carbocycles. The van der Waals surface area contributed by atoms with Crippen LogP contribution in [0.15, 0.2) is 10.5 Å². The van der Waals surface area contributed by atoms with Gasteiger partial charge < -0.3 is 15.9 Å². The van der Waals surface area contributed by atoms with Crippen molar-refractivity contribution in [3.05, 3.63) is 21.9 Å². The molecule has 0 spiro atoms. The van der Waals surface area contributed by atoms with Crippen molar-refractivity contribution in [2.45, 2.75) is 37.5 Å². The number of phenols is 2. The Morgan fingerprint density at radius 3 is 2.44 bits per heavy atom. The van der Waals surface area contributed by atoms with Gasteiger partial charge in [-0.15, -0.1) is 0 Å². The molecule has 18 heavy (non-hydrogen) atoms.